The van der Waals surface area contributed by atoms with Gasteiger partial charge in [-0.3, -0.25) is 9.88 Å². The van der Waals surface area contributed by atoms with Crippen LogP contribution in [-0.4, -0.2) is 35.1 Å². The van der Waals surface area contributed by atoms with Gasteiger partial charge < -0.3 is 5.32 Å². The number of piperazine rings is 1. The highest BCUT2D eigenvalue weighted by atomic mass is 15.2. The van der Waals surface area contributed by atoms with Gasteiger partial charge in [-0.1, -0.05) is 20.3 Å². The predicted molar refractivity (Wildman–Crippen MR) is 80.2 cm³/mol. The van der Waals surface area contributed by atoms with Gasteiger partial charge in [0.1, 0.15) is 0 Å². The Morgan fingerprint density at radius 2 is 2.26 bits per heavy atom. The van der Waals surface area contributed by atoms with Crippen LogP contribution in [0.2, 0.25) is 0 Å². The standard InChI is InChI=1S/C16H27N3/c1-4-6-15-12-19(16(5-2)10-18-15)11-14-9-17-8-7-13(14)3/h7-9,15-16,18H,4-6,10-12H2,1-3H3. The molecule has 19 heavy (non-hydrogen) atoms. The van der Waals surface area contributed by atoms with E-state index in [9.17, 15) is 0 Å². The van der Waals surface area contributed by atoms with Crippen molar-refractivity contribution in [2.45, 2.75) is 58.7 Å². The van der Waals surface area contributed by atoms with E-state index >= 15 is 0 Å². The minimum Gasteiger partial charge on any atom is -0.311 e. The monoisotopic (exact) mass is 261 g/mol. The maximum absolute atomic E-state index is 4.27. The van der Waals surface area contributed by atoms with Gasteiger partial charge in [0.15, 0.2) is 0 Å². The smallest absolute Gasteiger partial charge is 0.0315 e. The van der Waals surface area contributed by atoms with E-state index in [0.29, 0.717) is 12.1 Å². The number of hydrogen-bond donors (Lipinski definition) is 1. The summed E-state index contributed by atoms with van der Waals surface area (Å²) in [5.41, 5.74) is 2.73. The summed E-state index contributed by atoms with van der Waals surface area (Å²) in [5, 5.41) is 3.69. The summed E-state index contributed by atoms with van der Waals surface area (Å²) in [5.74, 6) is 0. The van der Waals surface area contributed by atoms with Gasteiger partial charge in [0.25, 0.3) is 0 Å². The summed E-state index contributed by atoms with van der Waals surface area (Å²) in [6.45, 7) is 10.1. The van der Waals surface area contributed by atoms with Crippen LogP contribution in [0.1, 0.15) is 44.2 Å². The Bertz CT molecular complexity index is 391. The molecular weight excluding hydrogens is 234 g/mol. The van der Waals surface area contributed by atoms with Gasteiger partial charge in [0.05, 0.1) is 0 Å². The Morgan fingerprint density at radius 1 is 1.42 bits per heavy atom. The van der Waals surface area contributed by atoms with Gasteiger partial charge in [0.2, 0.25) is 0 Å². The quantitative estimate of drug-likeness (QED) is 0.883. The van der Waals surface area contributed by atoms with Crippen molar-refractivity contribution >= 4 is 0 Å². The molecule has 3 nitrogen and oxygen atoms in total. The van der Waals surface area contributed by atoms with Crippen LogP contribution in [0.3, 0.4) is 0 Å². The summed E-state index contributed by atoms with van der Waals surface area (Å²) in [6.07, 6.45) is 7.66. The number of nitrogens with zero attached hydrogens (tertiary/aromatic N) is 2. The third-order valence-corrected chi connectivity index (χ3v) is 4.24. The Balaban J connectivity index is 2.04. The molecule has 0 bridgehead atoms. The topological polar surface area (TPSA) is 28.2 Å². The first-order valence-corrected chi connectivity index (χ1v) is 7.61. The molecule has 2 atom stereocenters. The molecule has 1 aromatic rings. The fourth-order valence-electron chi connectivity index (χ4n) is 2.95. The van der Waals surface area contributed by atoms with Gasteiger partial charge in [-0.2, -0.15) is 0 Å². The molecule has 1 aromatic heterocycles. The first-order chi connectivity index (χ1) is 9.24. The highest BCUT2D eigenvalue weighted by molar-refractivity contribution is 5.21. The SMILES string of the molecule is CCCC1CN(Cc2cnccc2C)C(CC)CN1. The van der Waals surface area contributed by atoms with Crippen LogP contribution in [0.5, 0.6) is 0 Å². The first kappa shape index (κ1) is 14.5. The zero-order valence-electron chi connectivity index (χ0n) is 12.5. The molecule has 2 rings (SSSR count). The molecule has 2 unspecified atom stereocenters. The lowest BCUT2D eigenvalue weighted by Gasteiger charge is -2.40. The predicted octanol–water partition coefficient (Wildman–Crippen LogP) is 2.74. The van der Waals surface area contributed by atoms with Gasteiger partial charge in [-0.05, 0) is 37.0 Å². The molecule has 2 heterocycles. The molecule has 1 aliphatic rings. The highest BCUT2D eigenvalue weighted by Crippen LogP contribution is 2.17. The van der Waals surface area contributed by atoms with Crippen LogP contribution >= 0.6 is 0 Å². The lowest BCUT2D eigenvalue weighted by molar-refractivity contribution is 0.115. The molecule has 0 radical (unpaired) electrons. The van der Waals surface area contributed by atoms with E-state index in [4.69, 9.17) is 0 Å². The number of aryl methyl sites for hydroxylation is 1. The van der Waals surface area contributed by atoms with Gasteiger partial charge in [0, 0.05) is 44.1 Å². The molecule has 3 heteroatoms. The summed E-state index contributed by atoms with van der Waals surface area (Å²) >= 11 is 0. The molecule has 0 spiro atoms. The van der Waals surface area contributed by atoms with Crippen LogP contribution in [0, 0.1) is 6.92 Å². The second kappa shape index (κ2) is 7.01. The maximum atomic E-state index is 4.27. The number of aromatic nitrogens is 1. The molecular formula is C16H27N3. The zero-order valence-corrected chi connectivity index (χ0v) is 12.5. The number of hydrogen-bond acceptors (Lipinski definition) is 3. The molecule has 1 fully saturated rings. The average Bonchev–Trinajstić information content (AvgIpc) is 2.42. The fourth-order valence-corrected chi connectivity index (χ4v) is 2.95. The second-order valence-electron chi connectivity index (χ2n) is 5.69. The Labute approximate surface area is 117 Å². The van der Waals surface area contributed by atoms with Gasteiger partial charge in [-0.15, -0.1) is 0 Å². The number of nitrogens with one attached hydrogen (secondary N) is 1. The fraction of sp³-hybridized carbons (Fsp3) is 0.688. The Morgan fingerprint density at radius 3 is 2.95 bits per heavy atom. The lowest BCUT2D eigenvalue weighted by atomic mass is 10.0. The third-order valence-electron chi connectivity index (χ3n) is 4.24. The van der Waals surface area contributed by atoms with Crippen molar-refractivity contribution in [3.8, 4) is 0 Å². The van der Waals surface area contributed by atoms with Crippen LogP contribution in [0.15, 0.2) is 18.5 Å². The van der Waals surface area contributed by atoms with E-state index < -0.39 is 0 Å². The number of rotatable bonds is 5. The molecule has 0 aliphatic carbocycles. The Hall–Kier alpha value is -0.930. The highest BCUT2D eigenvalue weighted by Gasteiger charge is 2.26. The average molecular weight is 261 g/mol. The van der Waals surface area contributed by atoms with E-state index in [2.05, 4.69) is 42.0 Å². The molecule has 1 N–H and O–H groups in total. The zero-order chi connectivity index (χ0) is 13.7. The van der Waals surface area contributed by atoms with E-state index in [1.54, 1.807) is 0 Å². The largest absolute Gasteiger partial charge is 0.311 e. The van der Waals surface area contributed by atoms with Gasteiger partial charge in [-0.25, -0.2) is 0 Å². The van der Waals surface area contributed by atoms with Crippen molar-refractivity contribution in [1.82, 2.24) is 15.2 Å². The summed E-state index contributed by atoms with van der Waals surface area (Å²) in [4.78, 5) is 6.91. The maximum Gasteiger partial charge on any atom is 0.0315 e. The van der Waals surface area contributed by atoms with Crippen LogP contribution in [0.4, 0.5) is 0 Å². The summed E-state index contributed by atoms with van der Waals surface area (Å²) in [6, 6.07) is 3.43. The van der Waals surface area contributed by atoms with Crippen molar-refractivity contribution in [1.29, 1.82) is 0 Å². The summed E-state index contributed by atoms with van der Waals surface area (Å²) in [7, 11) is 0. The van der Waals surface area contributed by atoms with Crippen molar-refractivity contribution in [3.05, 3.63) is 29.6 Å². The molecule has 0 saturated carbocycles. The molecule has 1 aliphatic heterocycles. The van der Waals surface area contributed by atoms with Crippen molar-refractivity contribution in [3.63, 3.8) is 0 Å². The van der Waals surface area contributed by atoms with Crippen LogP contribution in [0.25, 0.3) is 0 Å². The lowest BCUT2D eigenvalue weighted by Crippen LogP contribution is -2.55. The van der Waals surface area contributed by atoms with Crippen molar-refractivity contribution in [2.75, 3.05) is 13.1 Å². The third kappa shape index (κ3) is 3.77. The minimum atomic E-state index is 0.657. The molecule has 1 saturated heterocycles. The normalized spacial score (nSPS) is 24.6. The van der Waals surface area contributed by atoms with E-state index in [1.807, 2.05) is 12.4 Å². The van der Waals surface area contributed by atoms with Crippen LogP contribution < -0.4 is 5.32 Å². The molecule has 0 aromatic carbocycles. The number of pyridine rings is 1. The van der Waals surface area contributed by atoms with Gasteiger partial charge >= 0.3 is 0 Å². The minimum absolute atomic E-state index is 0.657. The van der Waals surface area contributed by atoms with E-state index in [-0.39, 0.29) is 0 Å². The Kier molecular flexibility index (Phi) is 5.34. The van der Waals surface area contributed by atoms with Crippen molar-refractivity contribution < 1.29 is 0 Å². The van der Waals surface area contributed by atoms with Crippen LogP contribution in [-0.2, 0) is 6.54 Å². The first-order valence-electron chi connectivity index (χ1n) is 7.61. The molecule has 106 valence electrons. The van der Waals surface area contributed by atoms with E-state index in [0.717, 1.165) is 13.1 Å². The second-order valence-corrected chi connectivity index (χ2v) is 5.69. The van der Waals surface area contributed by atoms with Crippen molar-refractivity contribution in [2.24, 2.45) is 0 Å². The van der Waals surface area contributed by atoms with E-state index in [1.165, 1.54) is 36.9 Å². The summed E-state index contributed by atoms with van der Waals surface area (Å²) < 4.78 is 0. The molecule has 0 amide bonds.